The van der Waals surface area contributed by atoms with Crippen molar-refractivity contribution in [3.63, 3.8) is 0 Å². The van der Waals surface area contributed by atoms with Gasteiger partial charge in [0.25, 0.3) is 0 Å². The van der Waals surface area contributed by atoms with Gasteiger partial charge in [-0.3, -0.25) is 9.59 Å². The highest BCUT2D eigenvalue weighted by atomic mass is 16.5. The van der Waals surface area contributed by atoms with Crippen LogP contribution in [0.5, 0.6) is 0 Å². The van der Waals surface area contributed by atoms with Crippen LogP contribution in [0.2, 0.25) is 0 Å². The molecule has 0 aromatic rings. The summed E-state index contributed by atoms with van der Waals surface area (Å²) in [4.78, 5) is 23.5. The van der Waals surface area contributed by atoms with Gasteiger partial charge in [-0.25, -0.2) is 0 Å². The predicted molar refractivity (Wildman–Crippen MR) is 58.0 cm³/mol. The largest absolute Gasteiger partial charge is 0.465 e. The first-order chi connectivity index (χ1) is 7.08. The monoisotopic (exact) mass is 213 g/mol. The Hall–Kier alpha value is -1.32. The second kappa shape index (κ2) is 6.22. The minimum atomic E-state index is -1.06. The van der Waals surface area contributed by atoms with Gasteiger partial charge in [-0.15, -0.1) is 0 Å². The number of hydrogen-bond donors (Lipinski definition) is 1. The van der Waals surface area contributed by atoms with Crippen molar-refractivity contribution in [2.45, 2.75) is 33.6 Å². The summed E-state index contributed by atoms with van der Waals surface area (Å²) in [6, 6.07) is 0. The molecule has 0 aliphatic rings. The summed E-state index contributed by atoms with van der Waals surface area (Å²) in [6.07, 6.45) is 3.22. The van der Waals surface area contributed by atoms with Gasteiger partial charge in [-0.1, -0.05) is 13.8 Å². The molecule has 4 nitrogen and oxygen atoms in total. The molecule has 0 fully saturated rings. The van der Waals surface area contributed by atoms with Gasteiger partial charge < -0.3 is 10.5 Å². The molecule has 2 N–H and O–H groups in total. The van der Waals surface area contributed by atoms with Crippen LogP contribution in [0, 0.1) is 5.41 Å². The number of rotatable bonds is 6. The maximum absolute atomic E-state index is 11.8. The van der Waals surface area contributed by atoms with E-state index in [4.69, 9.17) is 10.5 Å². The Labute approximate surface area is 90.5 Å². The number of ether oxygens (including phenoxy) is 1. The van der Waals surface area contributed by atoms with Crippen LogP contribution in [-0.4, -0.2) is 18.4 Å². The molecular formula is C11H19NO3. The van der Waals surface area contributed by atoms with Crippen LogP contribution in [0.1, 0.15) is 33.6 Å². The summed E-state index contributed by atoms with van der Waals surface area (Å²) in [5, 5.41) is 0. The Balaban J connectivity index is 5.03. The first kappa shape index (κ1) is 13.7. The predicted octanol–water partition coefficient (Wildman–Crippen LogP) is 1.40. The highest BCUT2D eigenvalue weighted by Gasteiger charge is 2.42. The van der Waals surface area contributed by atoms with E-state index in [9.17, 15) is 9.59 Å². The lowest BCUT2D eigenvalue weighted by Crippen LogP contribution is -2.39. The fourth-order valence-corrected chi connectivity index (χ4v) is 1.50. The third kappa shape index (κ3) is 2.81. The quantitative estimate of drug-likeness (QED) is 0.411. The number of carbonyl (C=O) groups is 2. The Kier molecular flexibility index (Phi) is 5.67. The first-order valence-corrected chi connectivity index (χ1v) is 5.18. The second-order valence-corrected chi connectivity index (χ2v) is 3.23. The molecule has 4 heteroatoms. The number of hydrogen-bond acceptors (Lipinski definition) is 4. The molecule has 0 aliphatic heterocycles. The van der Waals surface area contributed by atoms with Crippen molar-refractivity contribution < 1.29 is 14.3 Å². The molecule has 0 heterocycles. The molecule has 0 radical (unpaired) electrons. The smallest absolute Gasteiger partial charge is 0.319 e. The Morgan fingerprint density at radius 2 is 1.80 bits per heavy atom. The maximum Gasteiger partial charge on any atom is 0.319 e. The summed E-state index contributed by atoms with van der Waals surface area (Å²) in [6.45, 7) is 5.59. The van der Waals surface area contributed by atoms with Crippen LogP contribution in [0.4, 0.5) is 0 Å². The fourth-order valence-electron chi connectivity index (χ4n) is 1.50. The lowest BCUT2D eigenvalue weighted by Gasteiger charge is -2.25. The van der Waals surface area contributed by atoms with Gasteiger partial charge in [0.1, 0.15) is 5.41 Å². The number of allylic oxidation sites excluding steroid dienone is 1. The minimum Gasteiger partial charge on any atom is -0.465 e. The van der Waals surface area contributed by atoms with E-state index < -0.39 is 11.4 Å². The lowest BCUT2D eigenvalue weighted by atomic mass is 9.78. The Morgan fingerprint density at radius 1 is 1.27 bits per heavy atom. The van der Waals surface area contributed by atoms with Crippen molar-refractivity contribution in [3.8, 4) is 0 Å². The number of esters is 1. The van der Waals surface area contributed by atoms with Crippen LogP contribution >= 0.6 is 0 Å². The normalized spacial score (nSPS) is 11.7. The van der Waals surface area contributed by atoms with Crippen LogP contribution in [0.3, 0.4) is 0 Å². The van der Waals surface area contributed by atoms with E-state index in [1.807, 2.05) is 0 Å². The van der Waals surface area contributed by atoms with Crippen molar-refractivity contribution in [2.24, 2.45) is 11.1 Å². The van der Waals surface area contributed by atoms with E-state index in [1.54, 1.807) is 20.8 Å². The van der Waals surface area contributed by atoms with Crippen molar-refractivity contribution in [1.29, 1.82) is 0 Å². The third-order valence-corrected chi connectivity index (χ3v) is 2.59. The van der Waals surface area contributed by atoms with Crippen molar-refractivity contribution in [2.75, 3.05) is 6.61 Å². The van der Waals surface area contributed by atoms with Gasteiger partial charge in [0.2, 0.25) is 0 Å². The van der Waals surface area contributed by atoms with Crippen molar-refractivity contribution in [3.05, 3.63) is 12.3 Å². The third-order valence-electron chi connectivity index (χ3n) is 2.59. The summed E-state index contributed by atoms with van der Waals surface area (Å²) < 4.78 is 4.92. The minimum absolute atomic E-state index is 0.278. The highest BCUT2D eigenvalue weighted by Crippen LogP contribution is 2.29. The molecule has 0 saturated carbocycles. The highest BCUT2D eigenvalue weighted by molar-refractivity contribution is 6.09. The zero-order chi connectivity index (χ0) is 11.9. The van der Waals surface area contributed by atoms with E-state index in [-0.39, 0.29) is 12.4 Å². The Bertz CT molecular complexity index is 255. The molecule has 0 aromatic carbocycles. The van der Waals surface area contributed by atoms with Crippen molar-refractivity contribution >= 4 is 11.8 Å². The van der Waals surface area contributed by atoms with E-state index in [1.165, 1.54) is 6.08 Å². The lowest BCUT2D eigenvalue weighted by molar-refractivity contribution is -0.159. The summed E-state index contributed by atoms with van der Waals surface area (Å²) in [5.41, 5.74) is 4.09. The molecular weight excluding hydrogens is 194 g/mol. The molecule has 15 heavy (non-hydrogen) atoms. The average Bonchev–Trinajstić information content (AvgIpc) is 2.21. The van der Waals surface area contributed by atoms with Gasteiger partial charge in [0, 0.05) is 0 Å². The van der Waals surface area contributed by atoms with Gasteiger partial charge >= 0.3 is 5.97 Å². The van der Waals surface area contributed by atoms with E-state index in [2.05, 4.69) is 0 Å². The van der Waals surface area contributed by atoms with E-state index >= 15 is 0 Å². The molecule has 0 saturated heterocycles. The fraction of sp³-hybridized carbons (Fsp3) is 0.636. The molecule has 86 valence electrons. The number of carbonyl (C=O) groups excluding carboxylic acids is 2. The van der Waals surface area contributed by atoms with Gasteiger partial charge in [0.05, 0.1) is 6.61 Å². The summed E-state index contributed by atoms with van der Waals surface area (Å²) in [5.74, 6) is -0.744. The first-order valence-electron chi connectivity index (χ1n) is 5.18. The summed E-state index contributed by atoms with van der Waals surface area (Å²) in [7, 11) is 0. The zero-order valence-corrected chi connectivity index (χ0v) is 9.58. The average molecular weight is 213 g/mol. The summed E-state index contributed by atoms with van der Waals surface area (Å²) >= 11 is 0. The van der Waals surface area contributed by atoms with Crippen LogP contribution in [0.15, 0.2) is 12.3 Å². The van der Waals surface area contributed by atoms with Crippen LogP contribution in [0.25, 0.3) is 0 Å². The van der Waals surface area contributed by atoms with Gasteiger partial charge in [0.15, 0.2) is 5.78 Å². The molecule has 0 aliphatic carbocycles. The van der Waals surface area contributed by atoms with Gasteiger partial charge in [-0.2, -0.15) is 0 Å². The number of nitrogens with two attached hydrogens (primary N) is 1. The van der Waals surface area contributed by atoms with Gasteiger partial charge in [-0.05, 0) is 32.0 Å². The van der Waals surface area contributed by atoms with E-state index in [0.717, 1.165) is 6.20 Å². The topological polar surface area (TPSA) is 69.4 Å². The van der Waals surface area contributed by atoms with Crippen LogP contribution in [-0.2, 0) is 14.3 Å². The molecule has 0 unspecified atom stereocenters. The van der Waals surface area contributed by atoms with Crippen molar-refractivity contribution in [1.82, 2.24) is 0 Å². The number of ketones is 1. The zero-order valence-electron chi connectivity index (χ0n) is 9.58. The molecule has 0 atom stereocenters. The molecule has 0 spiro atoms. The standard InChI is InChI=1S/C11H19NO3/c1-4-11(5-2,9(13)7-8-12)10(14)15-6-3/h7-8H,4-6,12H2,1-3H3. The molecule has 0 bridgehead atoms. The Morgan fingerprint density at radius 3 is 2.13 bits per heavy atom. The molecule has 0 amide bonds. The SMILES string of the molecule is CCOC(=O)C(CC)(CC)C(=O)C=CN. The molecule has 0 rings (SSSR count). The van der Waals surface area contributed by atoms with Crippen LogP contribution < -0.4 is 5.73 Å². The van der Waals surface area contributed by atoms with E-state index in [0.29, 0.717) is 12.8 Å². The second-order valence-electron chi connectivity index (χ2n) is 3.23. The molecule has 0 aromatic heterocycles. The maximum atomic E-state index is 11.8.